The third-order valence-corrected chi connectivity index (χ3v) is 0.668. The fraction of sp³-hybridized carbons (Fsp3) is 0. The summed E-state index contributed by atoms with van der Waals surface area (Å²) in [6, 6.07) is 0. The van der Waals surface area contributed by atoms with Crippen molar-refractivity contribution in [1.29, 1.82) is 0 Å². The lowest BCUT2D eigenvalue weighted by Gasteiger charge is -1.72. The predicted octanol–water partition coefficient (Wildman–Crippen LogP) is 0.812. The highest BCUT2D eigenvalue weighted by molar-refractivity contribution is 8.00. The minimum absolute atomic E-state index is 1.30. The molecule has 0 N–H and O–H groups in total. The molecular weight excluding hydrogens is 86.1 g/mol. The number of nitrogens with zero attached hydrogens (tertiary/aromatic N) is 1. The fourth-order valence-corrected chi connectivity index (χ4v) is 0.373. The van der Waals surface area contributed by atoms with E-state index >= 15 is 0 Å². The molecule has 0 amide bonds. The molecule has 1 heterocycles. The predicted molar refractivity (Wildman–Crippen MR) is 21.5 cm³/mol. The molecular formula is C2H2NOS. The monoisotopic (exact) mass is 88.0 g/mol. The SMILES string of the molecule is [CH]1OC=NS1. The average molecular weight is 88.1 g/mol. The second-order valence-corrected chi connectivity index (χ2v) is 1.16. The summed E-state index contributed by atoms with van der Waals surface area (Å²) in [5.41, 5.74) is 0. The highest BCUT2D eigenvalue weighted by Gasteiger charge is 1.88. The molecule has 2 nitrogen and oxygen atoms in total. The van der Waals surface area contributed by atoms with Gasteiger partial charge in [-0.15, -0.1) is 0 Å². The summed E-state index contributed by atoms with van der Waals surface area (Å²) in [5, 5.41) is 0. The van der Waals surface area contributed by atoms with E-state index in [0.29, 0.717) is 0 Å². The van der Waals surface area contributed by atoms with Gasteiger partial charge >= 0.3 is 0 Å². The minimum atomic E-state index is 1.30. The Kier molecular flexibility index (Phi) is 0.792. The molecule has 0 unspecified atom stereocenters. The van der Waals surface area contributed by atoms with E-state index in [1.54, 1.807) is 5.94 Å². The van der Waals surface area contributed by atoms with Crippen molar-refractivity contribution in [3.8, 4) is 0 Å². The van der Waals surface area contributed by atoms with E-state index in [-0.39, 0.29) is 0 Å². The first-order valence-corrected chi connectivity index (χ1v) is 1.98. The summed E-state index contributed by atoms with van der Waals surface area (Å²) >= 11 is 1.30. The van der Waals surface area contributed by atoms with Crippen molar-refractivity contribution in [3.63, 3.8) is 0 Å². The second-order valence-electron chi connectivity index (χ2n) is 0.549. The van der Waals surface area contributed by atoms with Crippen molar-refractivity contribution >= 4 is 18.3 Å². The van der Waals surface area contributed by atoms with Gasteiger partial charge in [0.2, 0.25) is 5.94 Å². The van der Waals surface area contributed by atoms with E-state index in [9.17, 15) is 0 Å². The van der Waals surface area contributed by atoms with Gasteiger partial charge < -0.3 is 4.74 Å². The molecule has 0 saturated heterocycles. The number of hydrogen-bond acceptors (Lipinski definition) is 3. The lowest BCUT2D eigenvalue weighted by Crippen LogP contribution is -1.63. The number of hydrogen-bond donors (Lipinski definition) is 0. The van der Waals surface area contributed by atoms with Crippen molar-refractivity contribution in [3.05, 3.63) is 5.94 Å². The van der Waals surface area contributed by atoms with Crippen LogP contribution in [0, 0.1) is 5.94 Å². The molecule has 27 valence electrons. The first-order valence-electron chi connectivity index (χ1n) is 1.15. The molecule has 3 heteroatoms. The van der Waals surface area contributed by atoms with Crippen LogP contribution in [0.25, 0.3) is 0 Å². The smallest absolute Gasteiger partial charge is 0.214 e. The maximum atomic E-state index is 4.49. The Balaban J connectivity index is 2.32. The van der Waals surface area contributed by atoms with Gasteiger partial charge in [-0.3, -0.25) is 0 Å². The van der Waals surface area contributed by atoms with Gasteiger partial charge in [-0.2, -0.15) is 4.40 Å². The van der Waals surface area contributed by atoms with Crippen LogP contribution in [-0.2, 0) is 4.74 Å². The van der Waals surface area contributed by atoms with Crippen molar-refractivity contribution in [2.24, 2.45) is 4.40 Å². The van der Waals surface area contributed by atoms with Gasteiger partial charge in [0.15, 0.2) is 6.40 Å². The third-order valence-electron chi connectivity index (χ3n) is 0.263. The van der Waals surface area contributed by atoms with Gasteiger partial charge in [0.1, 0.15) is 0 Å². The molecule has 0 spiro atoms. The van der Waals surface area contributed by atoms with Crippen LogP contribution in [0.1, 0.15) is 0 Å². The van der Waals surface area contributed by atoms with Gasteiger partial charge in [-0.05, 0) is 0 Å². The van der Waals surface area contributed by atoms with Crippen molar-refractivity contribution in [1.82, 2.24) is 0 Å². The van der Waals surface area contributed by atoms with Crippen LogP contribution in [0.2, 0.25) is 0 Å². The molecule has 1 radical (unpaired) electrons. The summed E-state index contributed by atoms with van der Waals surface area (Å²) in [4.78, 5) is 0. The third kappa shape index (κ3) is 0.545. The van der Waals surface area contributed by atoms with Crippen LogP contribution in [-0.4, -0.2) is 6.40 Å². The van der Waals surface area contributed by atoms with Crippen LogP contribution in [0.5, 0.6) is 0 Å². The summed E-state index contributed by atoms with van der Waals surface area (Å²) in [6.45, 7) is 0. The Labute approximate surface area is 34.4 Å². The molecule has 0 saturated carbocycles. The Morgan fingerprint density at radius 1 is 1.80 bits per heavy atom. The highest BCUT2D eigenvalue weighted by atomic mass is 32.2. The van der Waals surface area contributed by atoms with Gasteiger partial charge in [-0.1, -0.05) is 0 Å². The molecule has 0 atom stereocenters. The summed E-state index contributed by atoms with van der Waals surface area (Å²) in [6.07, 6.45) is 1.39. The molecule has 5 heavy (non-hydrogen) atoms. The van der Waals surface area contributed by atoms with E-state index in [0.717, 1.165) is 0 Å². The summed E-state index contributed by atoms with van der Waals surface area (Å²) in [7, 11) is 0. The molecule has 0 fully saturated rings. The molecule has 0 aliphatic carbocycles. The Bertz CT molecular complexity index is 47.6. The average Bonchev–Trinajstić information content (AvgIpc) is 1.76. The topological polar surface area (TPSA) is 21.6 Å². The maximum Gasteiger partial charge on any atom is 0.214 e. The zero-order valence-electron chi connectivity index (χ0n) is 2.42. The second kappa shape index (κ2) is 1.31. The number of ether oxygens (including phenoxy) is 1. The summed E-state index contributed by atoms with van der Waals surface area (Å²) < 4.78 is 8.09. The molecule has 0 aromatic heterocycles. The molecule has 1 rings (SSSR count). The maximum absolute atomic E-state index is 4.49. The molecule has 0 bridgehead atoms. The van der Waals surface area contributed by atoms with Gasteiger partial charge in [0.05, 0.1) is 0 Å². The Morgan fingerprint density at radius 2 is 2.80 bits per heavy atom. The van der Waals surface area contributed by atoms with E-state index in [2.05, 4.69) is 9.13 Å². The zero-order valence-corrected chi connectivity index (χ0v) is 3.23. The largest absolute Gasteiger partial charge is 0.462 e. The van der Waals surface area contributed by atoms with Gasteiger partial charge in [0, 0.05) is 11.9 Å². The normalized spacial score (nSPS) is 19.2. The van der Waals surface area contributed by atoms with E-state index in [1.807, 2.05) is 0 Å². The van der Waals surface area contributed by atoms with Crippen LogP contribution >= 0.6 is 11.9 Å². The van der Waals surface area contributed by atoms with Crippen LogP contribution < -0.4 is 0 Å². The Hall–Kier alpha value is -0.180. The molecule has 1 aliphatic rings. The van der Waals surface area contributed by atoms with Crippen molar-refractivity contribution < 1.29 is 4.74 Å². The van der Waals surface area contributed by atoms with E-state index in [4.69, 9.17) is 0 Å². The van der Waals surface area contributed by atoms with Crippen LogP contribution in [0.15, 0.2) is 4.40 Å². The fourth-order valence-electron chi connectivity index (χ4n) is 0.124. The molecule has 1 aliphatic heterocycles. The van der Waals surface area contributed by atoms with Crippen molar-refractivity contribution in [2.75, 3.05) is 0 Å². The van der Waals surface area contributed by atoms with Crippen LogP contribution in [0.4, 0.5) is 0 Å². The van der Waals surface area contributed by atoms with Crippen LogP contribution in [0.3, 0.4) is 0 Å². The lowest BCUT2D eigenvalue weighted by molar-refractivity contribution is 0.477. The molecule has 0 aromatic rings. The van der Waals surface area contributed by atoms with E-state index < -0.39 is 0 Å². The Morgan fingerprint density at radius 3 is 3.00 bits per heavy atom. The van der Waals surface area contributed by atoms with Gasteiger partial charge in [-0.25, -0.2) is 0 Å². The minimum Gasteiger partial charge on any atom is -0.462 e. The molecule has 0 aromatic carbocycles. The standard InChI is InChI=1S/C2H2NOS/c1-3-5-2-4-1/h1-2H. The zero-order chi connectivity index (χ0) is 3.54. The van der Waals surface area contributed by atoms with Crippen molar-refractivity contribution in [2.45, 2.75) is 0 Å². The highest BCUT2D eigenvalue weighted by Crippen LogP contribution is 2.10. The van der Waals surface area contributed by atoms with E-state index in [1.165, 1.54) is 18.3 Å². The lowest BCUT2D eigenvalue weighted by atomic mass is 11.4. The number of rotatable bonds is 0. The first-order chi connectivity index (χ1) is 2.50. The quantitative estimate of drug-likeness (QED) is 0.409. The van der Waals surface area contributed by atoms with Gasteiger partial charge in [0.25, 0.3) is 0 Å². The summed E-state index contributed by atoms with van der Waals surface area (Å²) in [5.74, 6) is 1.56. The first kappa shape index (κ1) is 3.03.